The minimum Gasteiger partial charge on any atom is -0.459 e. The minimum atomic E-state index is 0.0915. The number of nitrogens with zero attached hydrogens (tertiary/aromatic N) is 1. The first-order valence-electron chi connectivity index (χ1n) is 5.67. The van der Waals surface area contributed by atoms with Crippen LogP contribution < -0.4 is 5.32 Å². The van der Waals surface area contributed by atoms with Gasteiger partial charge < -0.3 is 9.73 Å². The topological polar surface area (TPSA) is 53.9 Å². The highest BCUT2D eigenvalue weighted by atomic mass is 79.9. The third kappa shape index (κ3) is 2.13. The van der Waals surface area contributed by atoms with Crippen molar-refractivity contribution in [2.45, 2.75) is 13.0 Å². The van der Waals surface area contributed by atoms with Crippen LogP contribution in [0.25, 0.3) is 11.0 Å². The summed E-state index contributed by atoms with van der Waals surface area (Å²) in [6.45, 7) is 2.06. The van der Waals surface area contributed by atoms with Crippen molar-refractivity contribution in [2.75, 3.05) is 5.32 Å². The van der Waals surface area contributed by atoms with Crippen LogP contribution in [0.4, 0.5) is 5.69 Å². The normalized spacial score (nSPS) is 12.8. The molecule has 0 saturated heterocycles. The van der Waals surface area contributed by atoms with E-state index in [1.165, 1.54) is 0 Å². The number of benzene rings is 1. The summed E-state index contributed by atoms with van der Waals surface area (Å²) in [7, 11) is 0. The molecule has 0 aliphatic heterocycles. The second-order valence-corrected chi connectivity index (χ2v) is 5.10. The van der Waals surface area contributed by atoms with Gasteiger partial charge in [-0.3, -0.25) is 5.10 Å². The molecule has 2 aromatic heterocycles. The van der Waals surface area contributed by atoms with Crippen LogP contribution in [-0.4, -0.2) is 10.2 Å². The second-order valence-electron chi connectivity index (χ2n) is 4.18. The van der Waals surface area contributed by atoms with E-state index in [1.54, 1.807) is 6.20 Å². The van der Waals surface area contributed by atoms with Gasteiger partial charge in [0.15, 0.2) is 0 Å². The van der Waals surface area contributed by atoms with Crippen molar-refractivity contribution in [1.29, 1.82) is 0 Å². The molecular weight excluding hydrogens is 294 g/mol. The number of rotatable bonds is 3. The van der Waals surface area contributed by atoms with Crippen LogP contribution in [0.5, 0.6) is 0 Å². The molecule has 3 aromatic rings. The van der Waals surface area contributed by atoms with E-state index in [0.29, 0.717) is 0 Å². The molecule has 18 heavy (non-hydrogen) atoms. The lowest BCUT2D eigenvalue weighted by Crippen LogP contribution is -2.04. The predicted octanol–water partition coefficient (Wildman–Crippen LogP) is 4.09. The first kappa shape index (κ1) is 11.3. The van der Waals surface area contributed by atoms with E-state index in [1.807, 2.05) is 24.4 Å². The molecule has 1 atom stereocenters. The van der Waals surface area contributed by atoms with Crippen LogP contribution in [0.1, 0.15) is 18.7 Å². The summed E-state index contributed by atoms with van der Waals surface area (Å²) < 4.78 is 6.87. The molecule has 0 saturated carbocycles. The summed E-state index contributed by atoms with van der Waals surface area (Å²) in [5, 5.41) is 11.1. The summed E-state index contributed by atoms with van der Waals surface area (Å²) in [6, 6.07) is 8.14. The SMILES string of the molecule is CC(Nc1cn[nH]c1)c1cc2cc(Br)ccc2o1. The standard InChI is InChI=1S/C13H12BrN3O/c1-8(17-11-6-15-16-7-11)13-5-9-4-10(14)2-3-12(9)18-13/h2-8,17H,1H3,(H,15,16). The van der Waals surface area contributed by atoms with Gasteiger partial charge in [-0.1, -0.05) is 15.9 Å². The van der Waals surface area contributed by atoms with Crippen molar-refractivity contribution in [3.63, 3.8) is 0 Å². The predicted molar refractivity (Wildman–Crippen MR) is 74.5 cm³/mol. The lowest BCUT2D eigenvalue weighted by atomic mass is 10.2. The zero-order valence-electron chi connectivity index (χ0n) is 9.77. The molecule has 3 rings (SSSR count). The van der Waals surface area contributed by atoms with Gasteiger partial charge in [0, 0.05) is 16.1 Å². The maximum atomic E-state index is 5.82. The van der Waals surface area contributed by atoms with Crippen molar-refractivity contribution in [1.82, 2.24) is 10.2 Å². The maximum absolute atomic E-state index is 5.82. The summed E-state index contributed by atoms with van der Waals surface area (Å²) >= 11 is 3.46. The van der Waals surface area contributed by atoms with Gasteiger partial charge in [-0.05, 0) is 31.2 Å². The van der Waals surface area contributed by atoms with E-state index < -0.39 is 0 Å². The Bertz CT molecular complexity index is 660. The number of aromatic nitrogens is 2. The quantitative estimate of drug-likeness (QED) is 0.766. The second kappa shape index (κ2) is 4.49. The van der Waals surface area contributed by atoms with Crippen LogP contribution in [0.15, 0.2) is 45.5 Å². The summed E-state index contributed by atoms with van der Waals surface area (Å²) in [6.07, 6.45) is 3.56. The molecule has 2 heterocycles. The Morgan fingerprint density at radius 1 is 1.39 bits per heavy atom. The number of H-pyrrole nitrogens is 1. The summed E-state index contributed by atoms with van der Waals surface area (Å²) in [4.78, 5) is 0. The molecule has 0 spiro atoms. The molecule has 0 aliphatic carbocycles. The monoisotopic (exact) mass is 305 g/mol. The van der Waals surface area contributed by atoms with E-state index in [2.05, 4.69) is 44.4 Å². The number of furan rings is 1. The molecule has 0 bridgehead atoms. The lowest BCUT2D eigenvalue weighted by Gasteiger charge is -2.09. The molecule has 0 amide bonds. The zero-order chi connectivity index (χ0) is 12.5. The largest absolute Gasteiger partial charge is 0.459 e. The fourth-order valence-electron chi connectivity index (χ4n) is 1.90. The highest BCUT2D eigenvalue weighted by molar-refractivity contribution is 9.10. The number of nitrogens with one attached hydrogen (secondary N) is 2. The van der Waals surface area contributed by atoms with E-state index in [0.717, 1.165) is 26.9 Å². The molecule has 0 fully saturated rings. The molecule has 0 aliphatic rings. The molecule has 4 nitrogen and oxygen atoms in total. The maximum Gasteiger partial charge on any atom is 0.134 e. The van der Waals surface area contributed by atoms with Crippen LogP contribution in [0, 0.1) is 0 Å². The smallest absolute Gasteiger partial charge is 0.134 e. The number of anilines is 1. The van der Waals surface area contributed by atoms with Gasteiger partial charge in [0.05, 0.1) is 17.9 Å². The Labute approximate surface area is 113 Å². The minimum absolute atomic E-state index is 0.0915. The fourth-order valence-corrected chi connectivity index (χ4v) is 2.28. The molecule has 1 aromatic carbocycles. The van der Waals surface area contributed by atoms with Gasteiger partial charge in [0.25, 0.3) is 0 Å². The molecule has 92 valence electrons. The lowest BCUT2D eigenvalue weighted by molar-refractivity contribution is 0.526. The fraction of sp³-hybridized carbons (Fsp3) is 0.154. The van der Waals surface area contributed by atoms with Crippen molar-refractivity contribution < 1.29 is 4.42 Å². The Morgan fingerprint density at radius 2 is 2.28 bits per heavy atom. The first-order valence-corrected chi connectivity index (χ1v) is 6.46. The van der Waals surface area contributed by atoms with Crippen LogP contribution in [0.3, 0.4) is 0 Å². The Hall–Kier alpha value is -1.75. The van der Waals surface area contributed by atoms with Crippen LogP contribution in [-0.2, 0) is 0 Å². The van der Waals surface area contributed by atoms with Gasteiger partial charge in [-0.2, -0.15) is 5.10 Å². The Balaban J connectivity index is 1.89. The Morgan fingerprint density at radius 3 is 3.06 bits per heavy atom. The third-order valence-electron chi connectivity index (χ3n) is 2.81. The molecular formula is C13H12BrN3O. The molecule has 1 unspecified atom stereocenters. The number of halogens is 1. The van der Waals surface area contributed by atoms with Crippen molar-refractivity contribution in [3.05, 3.63) is 46.9 Å². The van der Waals surface area contributed by atoms with Gasteiger partial charge in [0.2, 0.25) is 0 Å². The highest BCUT2D eigenvalue weighted by Gasteiger charge is 2.11. The van der Waals surface area contributed by atoms with Gasteiger partial charge in [0.1, 0.15) is 11.3 Å². The average Bonchev–Trinajstić information content (AvgIpc) is 2.96. The molecule has 0 radical (unpaired) electrons. The van der Waals surface area contributed by atoms with Gasteiger partial charge >= 0.3 is 0 Å². The summed E-state index contributed by atoms with van der Waals surface area (Å²) in [5.74, 6) is 0.907. The average molecular weight is 306 g/mol. The number of hydrogen-bond donors (Lipinski definition) is 2. The van der Waals surface area contributed by atoms with E-state index >= 15 is 0 Å². The molecule has 5 heteroatoms. The summed E-state index contributed by atoms with van der Waals surface area (Å²) in [5.41, 5.74) is 1.85. The van der Waals surface area contributed by atoms with Crippen LogP contribution >= 0.6 is 15.9 Å². The van der Waals surface area contributed by atoms with Gasteiger partial charge in [-0.25, -0.2) is 0 Å². The molecule has 2 N–H and O–H groups in total. The number of fused-ring (bicyclic) bond motifs is 1. The zero-order valence-corrected chi connectivity index (χ0v) is 11.4. The number of aromatic amines is 1. The van der Waals surface area contributed by atoms with E-state index in [4.69, 9.17) is 4.42 Å². The highest BCUT2D eigenvalue weighted by Crippen LogP contribution is 2.27. The van der Waals surface area contributed by atoms with E-state index in [9.17, 15) is 0 Å². The van der Waals surface area contributed by atoms with Gasteiger partial charge in [-0.15, -0.1) is 0 Å². The number of hydrogen-bond acceptors (Lipinski definition) is 3. The van der Waals surface area contributed by atoms with Crippen molar-refractivity contribution in [3.8, 4) is 0 Å². The third-order valence-corrected chi connectivity index (χ3v) is 3.30. The van der Waals surface area contributed by atoms with E-state index in [-0.39, 0.29) is 6.04 Å². The van der Waals surface area contributed by atoms with Crippen molar-refractivity contribution >= 4 is 32.6 Å². The van der Waals surface area contributed by atoms with Crippen LogP contribution in [0.2, 0.25) is 0 Å². The first-order chi connectivity index (χ1) is 8.72. The Kier molecular flexibility index (Phi) is 2.83. The van der Waals surface area contributed by atoms with Crippen molar-refractivity contribution in [2.24, 2.45) is 0 Å².